The summed E-state index contributed by atoms with van der Waals surface area (Å²) in [5, 5.41) is 9.79. The highest BCUT2D eigenvalue weighted by molar-refractivity contribution is 7.92. The van der Waals surface area contributed by atoms with Crippen molar-refractivity contribution in [2.24, 2.45) is 0 Å². The van der Waals surface area contributed by atoms with Gasteiger partial charge < -0.3 is 4.74 Å². The van der Waals surface area contributed by atoms with E-state index >= 15 is 0 Å². The third-order valence-electron chi connectivity index (χ3n) is 4.86. The van der Waals surface area contributed by atoms with Gasteiger partial charge in [-0.1, -0.05) is 0 Å². The smallest absolute Gasteiger partial charge is 0.229 e. The molecule has 5 aromatic rings. The third kappa shape index (κ3) is 3.39. The Balaban J connectivity index is 1.67. The SMILES string of the molecule is COc1cc(NS(C)(=O)=O)cnc1-n1nc(C)c2cnc(-c3cnn4cccnc34)cc21. The number of sulfonamides is 1. The molecule has 0 unspecified atom stereocenters. The normalized spacial score (nSPS) is 11.8. The number of rotatable bonds is 5. The van der Waals surface area contributed by atoms with E-state index in [0.717, 1.165) is 28.4 Å². The van der Waals surface area contributed by atoms with E-state index in [2.05, 4.69) is 29.9 Å². The number of ether oxygens (including phenoxy) is 1. The Hall–Kier alpha value is -4.06. The van der Waals surface area contributed by atoms with Gasteiger partial charge in [-0.15, -0.1) is 0 Å². The average Bonchev–Trinajstić information content (AvgIpc) is 3.33. The van der Waals surface area contributed by atoms with Crippen LogP contribution in [0.4, 0.5) is 5.69 Å². The molecule has 0 fully saturated rings. The number of aromatic nitrogens is 7. The molecule has 0 amide bonds. The summed E-state index contributed by atoms with van der Waals surface area (Å²) < 4.78 is 34.3. The summed E-state index contributed by atoms with van der Waals surface area (Å²) in [5.41, 5.74) is 3.97. The first-order chi connectivity index (χ1) is 15.3. The molecule has 162 valence electrons. The molecule has 0 radical (unpaired) electrons. The molecule has 0 aliphatic rings. The first-order valence-electron chi connectivity index (χ1n) is 9.50. The maximum Gasteiger partial charge on any atom is 0.229 e. The van der Waals surface area contributed by atoms with Crippen LogP contribution in [-0.4, -0.2) is 56.1 Å². The maximum absolute atomic E-state index is 11.6. The molecule has 0 aliphatic heterocycles. The molecule has 1 N–H and O–H groups in total. The molecule has 5 aromatic heterocycles. The molecule has 0 spiro atoms. The van der Waals surface area contributed by atoms with Gasteiger partial charge in [-0.25, -0.2) is 27.6 Å². The minimum absolute atomic E-state index is 0.293. The number of pyridine rings is 2. The van der Waals surface area contributed by atoms with Gasteiger partial charge in [-0.05, 0) is 19.1 Å². The Labute approximate surface area is 182 Å². The summed E-state index contributed by atoms with van der Waals surface area (Å²) in [6, 6.07) is 5.26. The fraction of sp³-hybridized carbons (Fsp3) is 0.150. The predicted octanol–water partition coefficient (Wildman–Crippen LogP) is 2.21. The van der Waals surface area contributed by atoms with Crippen LogP contribution < -0.4 is 9.46 Å². The van der Waals surface area contributed by atoms with E-state index < -0.39 is 10.0 Å². The van der Waals surface area contributed by atoms with Crippen LogP contribution in [-0.2, 0) is 10.0 Å². The van der Waals surface area contributed by atoms with Gasteiger partial charge in [0.25, 0.3) is 0 Å². The van der Waals surface area contributed by atoms with Crippen LogP contribution in [0.1, 0.15) is 5.69 Å². The first-order valence-corrected chi connectivity index (χ1v) is 11.4. The molecule has 5 heterocycles. The van der Waals surface area contributed by atoms with E-state index in [9.17, 15) is 8.42 Å². The molecule has 0 bridgehead atoms. The van der Waals surface area contributed by atoms with Gasteiger partial charge in [0.05, 0.1) is 53.9 Å². The lowest BCUT2D eigenvalue weighted by molar-refractivity contribution is 0.410. The fourth-order valence-corrected chi connectivity index (χ4v) is 4.03. The van der Waals surface area contributed by atoms with E-state index in [4.69, 9.17) is 4.74 Å². The number of methoxy groups -OCH3 is 1. The molecule has 0 aromatic carbocycles. The van der Waals surface area contributed by atoms with Crippen LogP contribution in [0.3, 0.4) is 0 Å². The topological polar surface area (TPSA) is 129 Å². The zero-order valence-corrected chi connectivity index (χ0v) is 18.2. The number of hydrogen-bond acceptors (Lipinski definition) is 8. The molecular formula is C20H18N8O3S. The largest absolute Gasteiger partial charge is 0.493 e. The Morgan fingerprint density at radius 3 is 2.72 bits per heavy atom. The molecule has 0 saturated carbocycles. The molecule has 0 atom stereocenters. The minimum atomic E-state index is -3.45. The van der Waals surface area contributed by atoms with Crippen LogP contribution in [0.2, 0.25) is 0 Å². The molecule has 5 rings (SSSR count). The molecule has 12 heteroatoms. The summed E-state index contributed by atoms with van der Waals surface area (Å²) in [6.07, 6.45) is 9.48. The zero-order valence-electron chi connectivity index (χ0n) is 17.4. The molecule has 32 heavy (non-hydrogen) atoms. The number of anilines is 1. The van der Waals surface area contributed by atoms with E-state index in [0.29, 0.717) is 28.6 Å². The van der Waals surface area contributed by atoms with E-state index in [1.807, 2.05) is 19.2 Å². The third-order valence-corrected chi connectivity index (χ3v) is 5.47. The molecule has 11 nitrogen and oxygen atoms in total. The van der Waals surface area contributed by atoms with Crippen molar-refractivity contribution >= 4 is 32.3 Å². The highest BCUT2D eigenvalue weighted by Crippen LogP contribution is 2.31. The Morgan fingerprint density at radius 1 is 1.09 bits per heavy atom. The average molecular weight is 450 g/mol. The summed E-state index contributed by atoms with van der Waals surface area (Å²) in [6.45, 7) is 1.88. The summed E-state index contributed by atoms with van der Waals surface area (Å²) in [7, 11) is -1.96. The van der Waals surface area contributed by atoms with Crippen LogP contribution in [0.15, 0.2) is 49.2 Å². The second-order valence-corrected chi connectivity index (χ2v) is 8.90. The lowest BCUT2D eigenvalue weighted by atomic mass is 10.2. The summed E-state index contributed by atoms with van der Waals surface area (Å²) >= 11 is 0. The van der Waals surface area contributed by atoms with Gasteiger partial charge in [0.15, 0.2) is 17.2 Å². The van der Waals surface area contributed by atoms with Crippen molar-refractivity contribution in [3.05, 3.63) is 54.9 Å². The van der Waals surface area contributed by atoms with Crippen LogP contribution in [0.5, 0.6) is 5.75 Å². The van der Waals surface area contributed by atoms with Crippen molar-refractivity contribution in [3.63, 3.8) is 0 Å². The van der Waals surface area contributed by atoms with Gasteiger partial charge in [0.2, 0.25) is 10.0 Å². The Morgan fingerprint density at radius 2 is 1.94 bits per heavy atom. The lowest BCUT2D eigenvalue weighted by Gasteiger charge is -2.11. The second kappa shape index (κ2) is 7.27. The fourth-order valence-electron chi connectivity index (χ4n) is 3.49. The van der Waals surface area contributed by atoms with Gasteiger partial charge in [0, 0.05) is 30.0 Å². The van der Waals surface area contributed by atoms with E-state index in [-0.39, 0.29) is 0 Å². The maximum atomic E-state index is 11.6. The number of fused-ring (bicyclic) bond motifs is 2. The van der Waals surface area contributed by atoms with Crippen molar-refractivity contribution < 1.29 is 13.2 Å². The molecule has 0 aliphatic carbocycles. The number of hydrogen-bond donors (Lipinski definition) is 1. The highest BCUT2D eigenvalue weighted by Gasteiger charge is 2.18. The lowest BCUT2D eigenvalue weighted by Crippen LogP contribution is -2.11. The number of aryl methyl sites for hydroxylation is 1. The number of nitrogens with one attached hydrogen (secondary N) is 1. The van der Waals surface area contributed by atoms with Crippen LogP contribution in [0.25, 0.3) is 33.6 Å². The molecular weight excluding hydrogens is 432 g/mol. The summed E-state index contributed by atoms with van der Waals surface area (Å²) in [5.74, 6) is 0.777. The van der Waals surface area contributed by atoms with Crippen molar-refractivity contribution in [3.8, 4) is 22.8 Å². The van der Waals surface area contributed by atoms with Crippen molar-refractivity contribution in [1.82, 2.24) is 34.3 Å². The monoisotopic (exact) mass is 450 g/mol. The van der Waals surface area contributed by atoms with Crippen molar-refractivity contribution in [2.45, 2.75) is 6.92 Å². The molecule has 0 saturated heterocycles. The quantitative estimate of drug-likeness (QED) is 0.431. The van der Waals surface area contributed by atoms with Gasteiger partial charge in [-0.3, -0.25) is 9.71 Å². The van der Waals surface area contributed by atoms with E-state index in [1.165, 1.54) is 13.3 Å². The minimum Gasteiger partial charge on any atom is -0.493 e. The van der Waals surface area contributed by atoms with Gasteiger partial charge in [0.1, 0.15) is 0 Å². The Kier molecular flexibility index (Phi) is 4.51. The Bertz CT molecular complexity index is 1590. The number of nitrogens with zero attached hydrogens (tertiary/aromatic N) is 7. The highest BCUT2D eigenvalue weighted by atomic mass is 32.2. The summed E-state index contributed by atoms with van der Waals surface area (Å²) in [4.78, 5) is 13.4. The second-order valence-electron chi connectivity index (χ2n) is 7.15. The van der Waals surface area contributed by atoms with Crippen molar-refractivity contribution in [1.29, 1.82) is 0 Å². The predicted molar refractivity (Wildman–Crippen MR) is 118 cm³/mol. The van der Waals surface area contributed by atoms with Crippen LogP contribution >= 0.6 is 0 Å². The zero-order chi connectivity index (χ0) is 22.5. The van der Waals surface area contributed by atoms with Crippen LogP contribution in [0, 0.1) is 6.92 Å². The first kappa shape index (κ1) is 19.9. The van der Waals surface area contributed by atoms with E-state index in [1.54, 1.807) is 39.9 Å². The van der Waals surface area contributed by atoms with Crippen molar-refractivity contribution in [2.75, 3.05) is 18.1 Å². The van der Waals surface area contributed by atoms with Gasteiger partial charge in [-0.2, -0.15) is 10.2 Å². The van der Waals surface area contributed by atoms with Gasteiger partial charge >= 0.3 is 0 Å². The standard InChI is InChI=1S/C20H18N8O3S/c1-12-14-10-22-16(15-11-24-27-6-4-5-21-19(15)27)8-17(14)28(25-12)20-18(31-2)7-13(9-23-20)26-32(3,29)30/h4-11,26H,1-3H3.